The summed E-state index contributed by atoms with van der Waals surface area (Å²) in [6.45, 7) is 12.1. The van der Waals surface area contributed by atoms with E-state index in [1.807, 2.05) is 0 Å². The Morgan fingerprint density at radius 3 is 2.35 bits per heavy atom. The van der Waals surface area contributed by atoms with E-state index >= 15 is 0 Å². The number of nitrogens with one attached hydrogen (secondary N) is 1. The number of rotatable bonds is 7. The first kappa shape index (κ1) is 13.3. The molecule has 100 valence electrons. The van der Waals surface area contributed by atoms with Crippen LogP contribution in [-0.4, -0.2) is 61.2 Å². The first-order chi connectivity index (χ1) is 8.33. The standard InChI is InChI=1S/C14H29N3/c1-3-5-14(12-15-13-6-7-13)17-10-8-16(4-2)9-11-17/h13-15H,3-12H2,1-2H3. The molecule has 1 unspecified atom stereocenters. The molecule has 1 aliphatic carbocycles. The van der Waals surface area contributed by atoms with Gasteiger partial charge >= 0.3 is 0 Å². The second-order valence-corrected chi connectivity index (χ2v) is 5.60. The van der Waals surface area contributed by atoms with Crippen molar-refractivity contribution in [2.24, 2.45) is 0 Å². The average molecular weight is 239 g/mol. The molecule has 1 heterocycles. The third-order valence-corrected chi connectivity index (χ3v) is 4.21. The van der Waals surface area contributed by atoms with E-state index in [1.54, 1.807) is 0 Å². The van der Waals surface area contributed by atoms with Gasteiger partial charge in [0.25, 0.3) is 0 Å². The topological polar surface area (TPSA) is 18.5 Å². The highest BCUT2D eigenvalue weighted by atomic mass is 15.3. The van der Waals surface area contributed by atoms with Crippen LogP contribution in [0.4, 0.5) is 0 Å². The van der Waals surface area contributed by atoms with E-state index in [4.69, 9.17) is 0 Å². The summed E-state index contributed by atoms with van der Waals surface area (Å²) in [5.41, 5.74) is 0. The molecule has 0 aromatic heterocycles. The number of hydrogen-bond acceptors (Lipinski definition) is 3. The fraction of sp³-hybridized carbons (Fsp3) is 1.00. The van der Waals surface area contributed by atoms with Gasteiger partial charge in [0, 0.05) is 44.8 Å². The summed E-state index contributed by atoms with van der Waals surface area (Å²) in [5.74, 6) is 0. The monoisotopic (exact) mass is 239 g/mol. The Hall–Kier alpha value is -0.120. The SMILES string of the molecule is CCCC(CNC1CC1)N1CCN(CC)CC1. The van der Waals surface area contributed by atoms with Gasteiger partial charge in [-0.05, 0) is 25.8 Å². The van der Waals surface area contributed by atoms with Crippen LogP contribution in [0.2, 0.25) is 0 Å². The number of likely N-dealkylation sites (N-methyl/N-ethyl adjacent to an activating group) is 1. The van der Waals surface area contributed by atoms with Crippen molar-refractivity contribution in [2.75, 3.05) is 39.3 Å². The molecule has 1 saturated heterocycles. The van der Waals surface area contributed by atoms with E-state index < -0.39 is 0 Å². The lowest BCUT2D eigenvalue weighted by atomic mass is 10.1. The highest BCUT2D eigenvalue weighted by Crippen LogP contribution is 2.19. The van der Waals surface area contributed by atoms with Gasteiger partial charge in [0.05, 0.1) is 0 Å². The van der Waals surface area contributed by atoms with Gasteiger partial charge in [-0.3, -0.25) is 4.90 Å². The Morgan fingerprint density at radius 1 is 1.12 bits per heavy atom. The lowest BCUT2D eigenvalue weighted by molar-refractivity contribution is 0.0939. The van der Waals surface area contributed by atoms with Crippen LogP contribution in [0.1, 0.15) is 39.5 Å². The van der Waals surface area contributed by atoms with Crippen LogP contribution in [0.5, 0.6) is 0 Å². The highest BCUT2D eigenvalue weighted by Gasteiger charge is 2.26. The van der Waals surface area contributed by atoms with E-state index in [0.717, 1.165) is 12.1 Å². The normalized spacial score (nSPS) is 25.1. The molecule has 17 heavy (non-hydrogen) atoms. The smallest absolute Gasteiger partial charge is 0.0221 e. The summed E-state index contributed by atoms with van der Waals surface area (Å²) in [5, 5.41) is 3.71. The molecular weight excluding hydrogens is 210 g/mol. The molecule has 1 atom stereocenters. The summed E-state index contributed by atoms with van der Waals surface area (Å²) in [6.07, 6.45) is 5.47. The van der Waals surface area contributed by atoms with Crippen molar-refractivity contribution in [3.63, 3.8) is 0 Å². The molecule has 0 bridgehead atoms. The molecule has 1 N–H and O–H groups in total. The first-order valence-corrected chi connectivity index (χ1v) is 7.53. The molecule has 1 aliphatic heterocycles. The Labute approximate surface area is 107 Å². The molecular formula is C14H29N3. The molecule has 2 rings (SSSR count). The summed E-state index contributed by atoms with van der Waals surface area (Å²) < 4.78 is 0. The van der Waals surface area contributed by atoms with Crippen LogP contribution < -0.4 is 5.32 Å². The largest absolute Gasteiger partial charge is 0.312 e. The maximum absolute atomic E-state index is 3.71. The zero-order valence-electron chi connectivity index (χ0n) is 11.6. The van der Waals surface area contributed by atoms with Crippen molar-refractivity contribution in [1.29, 1.82) is 0 Å². The number of nitrogens with zero attached hydrogens (tertiary/aromatic N) is 2. The van der Waals surface area contributed by atoms with Gasteiger partial charge < -0.3 is 10.2 Å². The van der Waals surface area contributed by atoms with Gasteiger partial charge in [0.15, 0.2) is 0 Å². The van der Waals surface area contributed by atoms with Gasteiger partial charge in [-0.15, -0.1) is 0 Å². The third kappa shape index (κ3) is 4.23. The van der Waals surface area contributed by atoms with E-state index in [-0.39, 0.29) is 0 Å². The van der Waals surface area contributed by atoms with Crippen molar-refractivity contribution in [3.05, 3.63) is 0 Å². The van der Waals surface area contributed by atoms with Crippen molar-refractivity contribution in [2.45, 2.75) is 51.6 Å². The molecule has 0 aromatic carbocycles. The van der Waals surface area contributed by atoms with Gasteiger partial charge in [-0.2, -0.15) is 0 Å². The summed E-state index contributed by atoms with van der Waals surface area (Å²) in [7, 11) is 0. The third-order valence-electron chi connectivity index (χ3n) is 4.21. The Kier molecular flexibility index (Phi) is 5.26. The lowest BCUT2D eigenvalue weighted by Crippen LogP contribution is -2.52. The van der Waals surface area contributed by atoms with E-state index in [9.17, 15) is 0 Å². The van der Waals surface area contributed by atoms with Crippen LogP contribution in [0, 0.1) is 0 Å². The van der Waals surface area contributed by atoms with Crippen LogP contribution >= 0.6 is 0 Å². The van der Waals surface area contributed by atoms with Crippen LogP contribution in [-0.2, 0) is 0 Å². The second-order valence-electron chi connectivity index (χ2n) is 5.60. The van der Waals surface area contributed by atoms with Gasteiger partial charge in [0.2, 0.25) is 0 Å². The predicted molar refractivity (Wildman–Crippen MR) is 73.4 cm³/mol. The van der Waals surface area contributed by atoms with Crippen LogP contribution in [0.15, 0.2) is 0 Å². The minimum atomic E-state index is 0.777. The van der Waals surface area contributed by atoms with Crippen LogP contribution in [0.3, 0.4) is 0 Å². The average Bonchev–Trinajstić information content (AvgIpc) is 3.19. The minimum Gasteiger partial charge on any atom is -0.312 e. The molecule has 0 amide bonds. The minimum absolute atomic E-state index is 0.777. The van der Waals surface area contributed by atoms with E-state index in [1.165, 1.54) is 65.0 Å². The lowest BCUT2D eigenvalue weighted by Gasteiger charge is -2.39. The molecule has 0 spiro atoms. The van der Waals surface area contributed by atoms with E-state index in [0.29, 0.717) is 0 Å². The maximum atomic E-state index is 3.71. The molecule has 0 aromatic rings. The van der Waals surface area contributed by atoms with E-state index in [2.05, 4.69) is 29.0 Å². The number of hydrogen-bond donors (Lipinski definition) is 1. The molecule has 2 fully saturated rings. The number of piperazine rings is 1. The Morgan fingerprint density at radius 2 is 1.82 bits per heavy atom. The van der Waals surface area contributed by atoms with Crippen molar-refractivity contribution in [1.82, 2.24) is 15.1 Å². The Bertz CT molecular complexity index is 208. The van der Waals surface area contributed by atoms with Crippen molar-refractivity contribution >= 4 is 0 Å². The predicted octanol–water partition coefficient (Wildman–Crippen LogP) is 1.54. The van der Waals surface area contributed by atoms with Crippen molar-refractivity contribution < 1.29 is 0 Å². The van der Waals surface area contributed by atoms with Crippen molar-refractivity contribution in [3.8, 4) is 0 Å². The molecule has 0 radical (unpaired) electrons. The molecule has 3 heteroatoms. The fourth-order valence-electron chi connectivity index (χ4n) is 2.78. The molecule has 1 saturated carbocycles. The molecule has 2 aliphatic rings. The Balaban J connectivity index is 1.74. The van der Waals surface area contributed by atoms with Gasteiger partial charge in [-0.1, -0.05) is 20.3 Å². The zero-order valence-corrected chi connectivity index (χ0v) is 11.6. The summed E-state index contributed by atoms with van der Waals surface area (Å²) in [4.78, 5) is 5.28. The highest BCUT2D eigenvalue weighted by molar-refractivity contribution is 4.85. The summed E-state index contributed by atoms with van der Waals surface area (Å²) >= 11 is 0. The first-order valence-electron chi connectivity index (χ1n) is 7.53. The summed E-state index contributed by atoms with van der Waals surface area (Å²) in [6, 6.07) is 1.63. The second kappa shape index (κ2) is 6.72. The molecule has 3 nitrogen and oxygen atoms in total. The quantitative estimate of drug-likeness (QED) is 0.727. The van der Waals surface area contributed by atoms with Crippen LogP contribution in [0.25, 0.3) is 0 Å². The van der Waals surface area contributed by atoms with Gasteiger partial charge in [0.1, 0.15) is 0 Å². The van der Waals surface area contributed by atoms with Gasteiger partial charge in [-0.25, -0.2) is 0 Å². The zero-order chi connectivity index (χ0) is 12.1. The maximum Gasteiger partial charge on any atom is 0.0221 e. The fourth-order valence-corrected chi connectivity index (χ4v) is 2.78.